The van der Waals surface area contributed by atoms with E-state index in [-0.39, 0.29) is 0 Å². The summed E-state index contributed by atoms with van der Waals surface area (Å²) >= 11 is 5.96. The summed E-state index contributed by atoms with van der Waals surface area (Å²) in [6, 6.07) is 0. The number of aliphatic hydroxyl groups excluding tert-OH is 1. The van der Waals surface area contributed by atoms with Crippen LogP contribution in [0.15, 0.2) is 0 Å². The van der Waals surface area contributed by atoms with Gasteiger partial charge < -0.3 is 10.0 Å². The molecule has 0 fully saturated rings. The summed E-state index contributed by atoms with van der Waals surface area (Å²) in [6.45, 7) is 5.93. The van der Waals surface area contributed by atoms with Crippen LogP contribution >= 0.6 is 11.6 Å². The zero-order chi connectivity index (χ0) is 11.6. The number of aliphatic hydroxyl groups is 1. The van der Waals surface area contributed by atoms with Crippen molar-refractivity contribution >= 4 is 17.4 Å². The highest BCUT2D eigenvalue weighted by Crippen LogP contribution is 2.22. The Morgan fingerprint density at radius 3 is 2.53 bits per heavy atom. The molecule has 1 N–H and O–H groups in total. The van der Waals surface area contributed by atoms with Gasteiger partial charge in [0.15, 0.2) is 0 Å². The number of likely N-dealkylation sites (N-methyl/N-ethyl adjacent to an activating group) is 1. The summed E-state index contributed by atoms with van der Waals surface area (Å²) in [5.74, 6) is 1.41. The van der Waals surface area contributed by atoms with Gasteiger partial charge in [0.25, 0.3) is 0 Å². The van der Waals surface area contributed by atoms with Crippen molar-refractivity contribution in [3.63, 3.8) is 0 Å². The molecule has 1 rings (SSSR count). The second-order valence-corrected chi connectivity index (χ2v) is 4.10. The standard InChI is InChI=1S/C10H16ClN3O/c1-6(15)5-14(4)10-7(2)9(11)12-8(3)13-10/h6,15H,5H2,1-4H3. The van der Waals surface area contributed by atoms with E-state index in [0.29, 0.717) is 17.5 Å². The Labute approximate surface area is 94.9 Å². The predicted molar refractivity (Wildman–Crippen MR) is 61.5 cm³/mol. The number of nitrogens with zero attached hydrogens (tertiary/aromatic N) is 3. The molecule has 0 aliphatic carbocycles. The number of halogens is 1. The quantitative estimate of drug-likeness (QED) is 0.800. The number of anilines is 1. The summed E-state index contributed by atoms with van der Waals surface area (Å²) in [5, 5.41) is 9.76. The molecule has 1 heterocycles. The van der Waals surface area contributed by atoms with E-state index in [1.165, 1.54) is 0 Å². The molecule has 0 saturated heterocycles. The van der Waals surface area contributed by atoms with Crippen LogP contribution in [0.1, 0.15) is 18.3 Å². The fourth-order valence-corrected chi connectivity index (χ4v) is 1.64. The number of hydrogen-bond donors (Lipinski definition) is 1. The van der Waals surface area contributed by atoms with Gasteiger partial charge in [-0.2, -0.15) is 0 Å². The predicted octanol–water partition coefficient (Wildman–Crippen LogP) is 1.56. The maximum atomic E-state index is 9.30. The van der Waals surface area contributed by atoms with Crippen molar-refractivity contribution < 1.29 is 5.11 Å². The third kappa shape index (κ3) is 3.04. The van der Waals surface area contributed by atoms with Crippen molar-refractivity contribution in [3.05, 3.63) is 16.5 Å². The van der Waals surface area contributed by atoms with E-state index in [9.17, 15) is 5.11 Å². The van der Waals surface area contributed by atoms with Gasteiger partial charge in [-0.15, -0.1) is 0 Å². The van der Waals surface area contributed by atoms with Crippen LogP contribution in [0.5, 0.6) is 0 Å². The first-order valence-corrected chi connectivity index (χ1v) is 5.19. The molecule has 1 aromatic heterocycles. The fraction of sp³-hybridized carbons (Fsp3) is 0.600. The largest absolute Gasteiger partial charge is 0.392 e. The van der Waals surface area contributed by atoms with Gasteiger partial charge in [0, 0.05) is 19.2 Å². The molecule has 1 aromatic rings. The van der Waals surface area contributed by atoms with Crippen LogP contribution in [0.2, 0.25) is 5.15 Å². The Morgan fingerprint density at radius 1 is 1.40 bits per heavy atom. The lowest BCUT2D eigenvalue weighted by Gasteiger charge is -2.22. The van der Waals surface area contributed by atoms with Gasteiger partial charge in [0.1, 0.15) is 16.8 Å². The first kappa shape index (κ1) is 12.2. The summed E-state index contributed by atoms with van der Waals surface area (Å²) in [7, 11) is 1.87. The molecule has 1 atom stereocenters. The second-order valence-electron chi connectivity index (χ2n) is 3.74. The minimum atomic E-state index is -0.400. The highest BCUT2D eigenvalue weighted by atomic mass is 35.5. The Kier molecular flexibility index (Phi) is 3.88. The van der Waals surface area contributed by atoms with Crippen molar-refractivity contribution in [2.24, 2.45) is 0 Å². The van der Waals surface area contributed by atoms with Gasteiger partial charge in [-0.3, -0.25) is 0 Å². The highest BCUT2D eigenvalue weighted by molar-refractivity contribution is 6.30. The molecule has 0 amide bonds. The van der Waals surface area contributed by atoms with Gasteiger partial charge in [-0.05, 0) is 20.8 Å². The van der Waals surface area contributed by atoms with E-state index in [1.54, 1.807) is 13.8 Å². The summed E-state index contributed by atoms with van der Waals surface area (Å²) in [5.41, 5.74) is 0.838. The molecule has 0 bridgehead atoms. The van der Waals surface area contributed by atoms with Crippen molar-refractivity contribution in [2.45, 2.75) is 26.9 Å². The molecular formula is C10H16ClN3O. The van der Waals surface area contributed by atoms with Crippen LogP contribution in [0.25, 0.3) is 0 Å². The molecule has 0 radical (unpaired) electrons. The summed E-state index contributed by atoms with van der Waals surface area (Å²) in [4.78, 5) is 10.2. The third-order valence-corrected chi connectivity index (χ3v) is 2.44. The van der Waals surface area contributed by atoms with Crippen LogP contribution in [-0.2, 0) is 0 Å². The van der Waals surface area contributed by atoms with Crippen molar-refractivity contribution in [1.82, 2.24) is 9.97 Å². The van der Waals surface area contributed by atoms with E-state index < -0.39 is 6.10 Å². The molecule has 5 heteroatoms. The fourth-order valence-electron chi connectivity index (χ4n) is 1.43. The maximum Gasteiger partial charge on any atom is 0.137 e. The summed E-state index contributed by atoms with van der Waals surface area (Å²) < 4.78 is 0. The number of aromatic nitrogens is 2. The van der Waals surface area contributed by atoms with Gasteiger partial charge in [0.2, 0.25) is 0 Å². The number of hydrogen-bond acceptors (Lipinski definition) is 4. The number of rotatable bonds is 3. The van der Waals surface area contributed by atoms with Crippen molar-refractivity contribution in [2.75, 3.05) is 18.5 Å². The maximum absolute atomic E-state index is 9.30. The van der Waals surface area contributed by atoms with Crippen LogP contribution in [0.3, 0.4) is 0 Å². The van der Waals surface area contributed by atoms with Gasteiger partial charge >= 0.3 is 0 Å². The first-order valence-electron chi connectivity index (χ1n) is 4.81. The molecular weight excluding hydrogens is 214 g/mol. The van der Waals surface area contributed by atoms with E-state index in [4.69, 9.17) is 11.6 Å². The average molecular weight is 230 g/mol. The van der Waals surface area contributed by atoms with Crippen LogP contribution in [-0.4, -0.2) is 34.8 Å². The Bertz CT molecular complexity index is 355. The molecule has 1 unspecified atom stereocenters. The molecule has 0 aliphatic heterocycles. The second kappa shape index (κ2) is 4.77. The van der Waals surface area contributed by atoms with E-state index >= 15 is 0 Å². The van der Waals surface area contributed by atoms with Gasteiger partial charge in [-0.25, -0.2) is 9.97 Å². The first-order chi connectivity index (χ1) is 6.91. The molecule has 84 valence electrons. The average Bonchev–Trinajstić information content (AvgIpc) is 2.09. The minimum Gasteiger partial charge on any atom is -0.392 e. The lowest BCUT2D eigenvalue weighted by Crippen LogP contribution is -2.28. The Morgan fingerprint density at radius 2 is 2.00 bits per heavy atom. The molecule has 15 heavy (non-hydrogen) atoms. The lowest BCUT2D eigenvalue weighted by molar-refractivity contribution is 0.201. The van der Waals surface area contributed by atoms with E-state index in [1.807, 2.05) is 18.9 Å². The zero-order valence-corrected chi connectivity index (χ0v) is 10.2. The molecule has 0 aliphatic rings. The Balaban J connectivity index is 3.02. The van der Waals surface area contributed by atoms with Crippen LogP contribution in [0, 0.1) is 13.8 Å². The number of aryl methyl sites for hydroxylation is 1. The summed E-state index contributed by atoms with van der Waals surface area (Å²) in [6.07, 6.45) is -0.400. The molecule has 0 saturated carbocycles. The third-order valence-electron chi connectivity index (χ3n) is 2.07. The minimum absolute atomic E-state index is 0.400. The topological polar surface area (TPSA) is 49.2 Å². The van der Waals surface area contributed by atoms with Gasteiger partial charge in [-0.1, -0.05) is 11.6 Å². The molecule has 0 spiro atoms. The zero-order valence-electron chi connectivity index (χ0n) is 9.45. The van der Waals surface area contributed by atoms with Crippen molar-refractivity contribution in [3.8, 4) is 0 Å². The van der Waals surface area contributed by atoms with Crippen molar-refractivity contribution in [1.29, 1.82) is 0 Å². The smallest absolute Gasteiger partial charge is 0.137 e. The molecule has 4 nitrogen and oxygen atoms in total. The molecule has 0 aromatic carbocycles. The highest BCUT2D eigenvalue weighted by Gasteiger charge is 2.12. The van der Waals surface area contributed by atoms with E-state index in [0.717, 1.165) is 11.4 Å². The van der Waals surface area contributed by atoms with E-state index in [2.05, 4.69) is 9.97 Å². The SMILES string of the molecule is Cc1nc(Cl)c(C)c(N(C)CC(C)O)n1. The lowest BCUT2D eigenvalue weighted by atomic mass is 10.3. The normalized spacial score (nSPS) is 12.7. The van der Waals surface area contributed by atoms with Crippen LogP contribution < -0.4 is 4.90 Å². The van der Waals surface area contributed by atoms with Gasteiger partial charge in [0.05, 0.1) is 6.10 Å². The Hall–Kier alpha value is -0.870. The monoisotopic (exact) mass is 229 g/mol. The van der Waals surface area contributed by atoms with Crippen LogP contribution in [0.4, 0.5) is 5.82 Å².